The van der Waals surface area contributed by atoms with Gasteiger partial charge < -0.3 is 5.11 Å². The number of hydrogen-bond donors (Lipinski definition) is 1. The molecule has 6 heteroatoms. The molecule has 1 aromatic carbocycles. The molecule has 0 saturated heterocycles. The Hall–Kier alpha value is -1.95. The van der Waals surface area contributed by atoms with E-state index in [1.807, 2.05) is 0 Å². The fourth-order valence-electron chi connectivity index (χ4n) is 2.10. The Morgan fingerprint density at radius 1 is 1.14 bits per heavy atom. The molecule has 2 rings (SSSR count). The summed E-state index contributed by atoms with van der Waals surface area (Å²) >= 11 is 0. The van der Waals surface area contributed by atoms with E-state index in [2.05, 4.69) is 4.98 Å². The van der Waals surface area contributed by atoms with Gasteiger partial charge in [-0.1, -0.05) is 25.1 Å². The minimum atomic E-state index is -4.47. The highest BCUT2D eigenvalue weighted by Crippen LogP contribution is 2.27. The van der Waals surface area contributed by atoms with Gasteiger partial charge in [-0.2, -0.15) is 13.2 Å². The topological polar surface area (TPSA) is 33.1 Å². The van der Waals surface area contributed by atoms with Crippen LogP contribution in [0, 0.1) is 5.82 Å². The number of aliphatic hydroxyl groups excluding tert-OH is 1. The Morgan fingerprint density at radius 3 is 2.32 bits per heavy atom. The molecule has 0 bridgehead atoms. The van der Waals surface area contributed by atoms with Crippen LogP contribution >= 0.6 is 0 Å². The van der Waals surface area contributed by atoms with Crippen LogP contribution in [0.15, 0.2) is 36.5 Å². The number of pyridine rings is 1. The lowest BCUT2D eigenvalue weighted by atomic mass is 10.0. The molecule has 0 radical (unpaired) electrons. The zero-order valence-electron chi connectivity index (χ0n) is 11.9. The van der Waals surface area contributed by atoms with Crippen LogP contribution in [-0.4, -0.2) is 10.1 Å². The predicted molar refractivity (Wildman–Crippen MR) is 73.7 cm³/mol. The number of nitrogens with zero attached hydrogens (tertiary/aromatic N) is 1. The highest BCUT2D eigenvalue weighted by molar-refractivity contribution is 5.30. The summed E-state index contributed by atoms with van der Waals surface area (Å²) in [5.74, 6) is -0.522. The van der Waals surface area contributed by atoms with E-state index in [1.54, 1.807) is 13.0 Å². The van der Waals surface area contributed by atoms with Gasteiger partial charge in [0, 0.05) is 11.8 Å². The Kier molecular flexibility index (Phi) is 4.81. The fourth-order valence-corrected chi connectivity index (χ4v) is 2.10. The first-order valence-electron chi connectivity index (χ1n) is 6.79. The first-order valence-corrected chi connectivity index (χ1v) is 6.79. The van der Waals surface area contributed by atoms with Gasteiger partial charge in [-0.05, 0) is 36.1 Å². The van der Waals surface area contributed by atoms with Gasteiger partial charge in [-0.25, -0.2) is 4.39 Å². The van der Waals surface area contributed by atoms with Crippen molar-refractivity contribution < 1.29 is 22.7 Å². The first-order chi connectivity index (χ1) is 10.3. The number of hydrogen-bond acceptors (Lipinski definition) is 2. The molecule has 0 saturated carbocycles. The summed E-state index contributed by atoms with van der Waals surface area (Å²) in [7, 11) is 0. The van der Waals surface area contributed by atoms with E-state index in [-0.39, 0.29) is 12.0 Å². The summed E-state index contributed by atoms with van der Waals surface area (Å²) in [5.41, 5.74) is 0.419. The summed E-state index contributed by atoms with van der Waals surface area (Å²) in [4.78, 5) is 3.37. The lowest BCUT2D eigenvalue weighted by molar-refractivity contribution is -0.141. The minimum absolute atomic E-state index is 0.219. The summed E-state index contributed by atoms with van der Waals surface area (Å²) in [6, 6.07) is 6.65. The predicted octanol–water partition coefficient (Wildman–Crippen LogP) is 4.27. The van der Waals surface area contributed by atoms with E-state index in [4.69, 9.17) is 0 Å². The molecule has 2 aromatic rings. The van der Waals surface area contributed by atoms with E-state index in [0.717, 1.165) is 12.3 Å². The van der Waals surface area contributed by atoms with Gasteiger partial charge >= 0.3 is 6.18 Å². The number of aromatic nitrogens is 1. The standard InChI is InChI=1S/C16H15F4NO/c1-2-14(22)12-5-3-10(8-13(12)17)7-11-4-6-15(21-9-11)16(18,19)20/h3-6,8-9,14,22H,2,7H2,1H3. The van der Waals surface area contributed by atoms with Gasteiger partial charge in [0.2, 0.25) is 0 Å². The van der Waals surface area contributed by atoms with Gasteiger partial charge in [0.25, 0.3) is 0 Å². The second kappa shape index (κ2) is 6.44. The van der Waals surface area contributed by atoms with Crippen molar-refractivity contribution in [2.24, 2.45) is 0 Å². The molecule has 0 amide bonds. The van der Waals surface area contributed by atoms with Crippen LogP contribution in [-0.2, 0) is 12.6 Å². The van der Waals surface area contributed by atoms with Gasteiger partial charge in [0.15, 0.2) is 0 Å². The molecule has 22 heavy (non-hydrogen) atoms. The first kappa shape index (κ1) is 16.4. The van der Waals surface area contributed by atoms with Gasteiger partial charge in [-0.15, -0.1) is 0 Å². The normalized spacial score (nSPS) is 13.2. The Balaban J connectivity index is 2.16. The zero-order chi connectivity index (χ0) is 16.3. The average Bonchev–Trinajstić information content (AvgIpc) is 2.46. The Morgan fingerprint density at radius 2 is 1.82 bits per heavy atom. The second-order valence-corrected chi connectivity index (χ2v) is 5.01. The maximum Gasteiger partial charge on any atom is 0.433 e. The van der Waals surface area contributed by atoms with Crippen molar-refractivity contribution in [1.82, 2.24) is 4.98 Å². The molecular weight excluding hydrogens is 298 g/mol. The lowest BCUT2D eigenvalue weighted by Gasteiger charge is -2.11. The third kappa shape index (κ3) is 3.82. The number of alkyl halides is 3. The maximum atomic E-state index is 13.9. The van der Waals surface area contributed by atoms with Gasteiger partial charge in [-0.3, -0.25) is 4.98 Å². The Labute approximate surface area is 125 Å². The lowest BCUT2D eigenvalue weighted by Crippen LogP contribution is -2.07. The van der Waals surface area contributed by atoms with Crippen LogP contribution in [0.3, 0.4) is 0 Å². The summed E-state index contributed by atoms with van der Waals surface area (Å²) in [6.07, 6.45) is -3.52. The van der Waals surface area contributed by atoms with Crippen LogP contribution < -0.4 is 0 Å². The zero-order valence-corrected chi connectivity index (χ0v) is 11.9. The molecule has 1 heterocycles. The van der Waals surface area contributed by atoms with Crippen molar-refractivity contribution in [1.29, 1.82) is 0 Å². The summed E-state index contributed by atoms with van der Waals surface area (Å²) in [5, 5.41) is 9.64. The van der Waals surface area contributed by atoms with E-state index < -0.39 is 23.8 Å². The average molecular weight is 313 g/mol. The molecule has 1 aromatic heterocycles. The smallest absolute Gasteiger partial charge is 0.388 e. The van der Waals surface area contributed by atoms with Crippen molar-refractivity contribution >= 4 is 0 Å². The van der Waals surface area contributed by atoms with Crippen molar-refractivity contribution in [3.8, 4) is 0 Å². The summed E-state index contributed by atoms with van der Waals surface area (Å²) in [6.45, 7) is 1.74. The fraction of sp³-hybridized carbons (Fsp3) is 0.312. The van der Waals surface area contributed by atoms with E-state index >= 15 is 0 Å². The number of benzene rings is 1. The molecule has 0 aliphatic rings. The maximum absolute atomic E-state index is 13.9. The molecule has 0 aliphatic heterocycles. The number of rotatable bonds is 4. The molecule has 0 fully saturated rings. The number of aliphatic hydroxyl groups is 1. The molecule has 0 aliphatic carbocycles. The molecular formula is C16H15F4NO. The monoisotopic (exact) mass is 313 g/mol. The Bertz CT molecular complexity index is 638. The molecule has 1 atom stereocenters. The van der Waals surface area contributed by atoms with Crippen molar-refractivity contribution in [2.75, 3.05) is 0 Å². The SMILES string of the molecule is CCC(O)c1ccc(Cc2ccc(C(F)(F)F)nc2)cc1F. The molecule has 1 unspecified atom stereocenters. The second-order valence-electron chi connectivity index (χ2n) is 5.01. The molecule has 2 nitrogen and oxygen atoms in total. The largest absolute Gasteiger partial charge is 0.433 e. The van der Waals surface area contributed by atoms with E-state index in [0.29, 0.717) is 17.5 Å². The van der Waals surface area contributed by atoms with E-state index in [1.165, 1.54) is 18.2 Å². The third-order valence-electron chi connectivity index (χ3n) is 3.33. The molecule has 118 valence electrons. The van der Waals surface area contributed by atoms with Crippen molar-refractivity contribution in [3.63, 3.8) is 0 Å². The summed E-state index contributed by atoms with van der Waals surface area (Å²) < 4.78 is 51.1. The van der Waals surface area contributed by atoms with Gasteiger partial charge in [0.1, 0.15) is 11.5 Å². The van der Waals surface area contributed by atoms with Crippen LogP contribution in [0.5, 0.6) is 0 Å². The highest BCUT2D eigenvalue weighted by atomic mass is 19.4. The van der Waals surface area contributed by atoms with Crippen LogP contribution in [0.2, 0.25) is 0 Å². The quantitative estimate of drug-likeness (QED) is 0.855. The van der Waals surface area contributed by atoms with Crippen molar-refractivity contribution in [3.05, 3.63) is 64.7 Å². The van der Waals surface area contributed by atoms with Gasteiger partial charge in [0.05, 0.1) is 6.10 Å². The van der Waals surface area contributed by atoms with Crippen molar-refractivity contribution in [2.45, 2.75) is 32.0 Å². The molecule has 1 N–H and O–H groups in total. The highest BCUT2D eigenvalue weighted by Gasteiger charge is 2.31. The molecule has 0 spiro atoms. The van der Waals surface area contributed by atoms with Crippen LogP contribution in [0.4, 0.5) is 17.6 Å². The minimum Gasteiger partial charge on any atom is -0.388 e. The third-order valence-corrected chi connectivity index (χ3v) is 3.33. The van der Waals surface area contributed by atoms with Crippen LogP contribution in [0.25, 0.3) is 0 Å². The van der Waals surface area contributed by atoms with E-state index in [9.17, 15) is 22.7 Å². The van der Waals surface area contributed by atoms with Crippen LogP contribution in [0.1, 0.15) is 41.8 Å². The number of halogens is 4.